The van der Waals surface area contributed by atoms with Crippen LogP contribution in [0.5, 0.6) is 11.6 Å². The Morgan fingerprint density at radius 1 is 1.22 bits per heavy atom. The molecule has 6 nitrogen and oxygen atoms in total. The second-order valence-corrected chi connectivity index (χ2v) is 6.26. The Bertz CT molecular complexity index is 988. The molecule has 0 bridgehead atoms. The topological polar surface area (TPSA) is 77.3 Å². The van der Waals surface area contributed by atoms with E-state index in [0.29, 0.717) is 17.0 Å². The molecule has 4 rings (SSSR count). The first-order valence-corrected chi connectivity index (χ1v) is 8.51. The lowest BCUT2D eigenvalue weighted by molar-refractivity contribution is 0.115. The zero-order valence-corrected chi connectivity index (χ0v) is 14.2. The average Bonchev–Trinajstić information content (AvgIpc) is 3.03. The van der Waals surface area contributed by atoms with Gasteiger partial charge < -0.3 is 14.0 Å². The minimum atomic E-state index is -0.874. The molecule has 0 unspecified atom stereocenters. The molecular formula is C19H16F2N2O4. The van der Waals surface area contributed by atoms with E-state index in [1.54, 1.807) is 18.3 Å². The highest BCUT2D eigenvalue weighted by Crippen LogP contribution is 2.35. The van der Waals surface area contributed by atoms with Crippen molar-refractivity contribution in [3.63, 3.8) is 0 Å². The highest BCUT2D eigenvalue weighted by Gasteiger charge is 2.22. The molecule has 2 aromatic heterocycles. The fraction of sp³-hybridized carbons (Fsp3) is 0.263. The molecule has 1 saturated carbocycles. The van der Waals surface area contributed by atoms with Gasteiger partial charge in [-0.3, -0.25) is 4.79 Å². The molecule has 0 saturated heterocycles. The normalized spacial score (nSPS) is 14.0. The van der Waals surface area contributed by atoms with Gasteiger partial charge in [-0.2, -0.15) is 5.16 Å². The first-order chi connectivity index (χ1) is 13.1. The first-order valence-electron chi connectivity index (χ1n) is 8.51. The van der Waals surface area contributed by atoms with Crippen molar-refractivity contribution in [1.82, 2.24) is 10.1 Å². The number of hydrogen-bond donors (Lipinski definition) is 1. The summed E-state index contributed by atoms with van der Waals surface area (Å²) in [6, 6.07) is 6.85. The van der Waals surface area contributed by atoms with Gasteiger partial charge in [-0.25, -0.2) is 13.8 Å². The number of nitrogens with zero attached hydrogens (tertiary/aromatic N) is 1. The Labute approximate surface area is 152 Å². The van der Waals surface area contributed by atoms with Gasteiger partial charge in [0.2, 0.25) is 5.88 Å². The SMILES string of the molecule is O=c1cc(COc2c(F)cc(-c3cccnc3OC3CCC3)cc2F)o[nH]1. The van der Waals surface area contributed by atoms with E-state index < -0.39 is 22.9 Å². The molecule has 1 aromatic carbocycles. The maximum Gasteiger partial charge on any atom is 0.280 e. The number of halogens is 2. The van der Waals surface area contributed by atoms with Gasteiger partial charge in [0.1, 0.15) is 12.7 Å². The number of aromatic amines is 1. The number of nitrogens with one attached hydrogen (secondary N) is 1. The van der Waals surface area contributed by atoms with E-state index >= 15 is 0 Å². The van der Waals surface area contributed by atoms with Crippen LogP contribution in [-0.4, -0.2) is 16.2 Å². The second-order valence-electron chi connectivity index (χ2n) is 6.26. The fourth-order valence-electron chi connectivity index (χ4n) is 2.74. The molecule has 27 heavy (non-hydrogen) atoms. The van der Waals surface area contributed by atoms with Gasteiger partial charge in [0.15, 0.2) is 23.1 Å². The number of ether oxygens (including phenoxy) is 2. The predicted molar refractivity (Wildman–Crippen MR) is 91.5 cm³/mol. The van der Waals surface area contributed by atoms with Crippen LogP contribution in [0.1, 0.15) is 25.0 Å². The minimum Gasteiger partial charge on any atom is -0.479 e. The zero-order valence-electron chi connectivity index (χ0n) is 14.2. The molecule has 1 fully saturated rings. The van der Waals surface area contributed by atoms with E-state index in [2.05, 4.69) is 10.1 Å². The van der Waals surface area contributed by atoms with Crippen LogP contribution in [0.3, 0.4) is 0 Å². The van der Waals surface area contributed by atoms with Crippen LogP contribution in [0.4, 0.5) is 8.78 Å². The zero-order chi connectivity index (χ0) is 18.8. The molecule has 8 heteroatoms. The molecule has 0 atom stereocenters. The molecule has 140 valence electrons. The number of hydrogen-bond acceptors (Lipinski definition) is 5. The summed E-state index contributed by atoms with van der Waals surface area (Å²) in [5.41, 5.74) is 0.346. The van der Waals surface area contributed by atoms with E-state index in [0.717, 1.165) is 37.5 Å². The van der Waals surface area contributed by atoms with Crippen LogP contribution in [-0.2, 0) is 6.61 Å². The standard InChI is InChI=1S/C19H16F2N2O4/c20-15-7-11(14-5-2-6-22-19(14)26-12-3-1-4-12)8-16(21)18(15)25-10-13-9-17(24)23-27-13/h2,5-9,12H,1,3-4,10H2,(H,23,24). The fourth-order valence-corrected chi connectivity index (χ4v) is 2.74. The van der Waals surface area contributed by atoms with Crippen LogP contribution >= 0.6 is 0 Å². The molecule has 0 amide bonds. The van der Waals surface area contributed by atoms with Gasteiger partial charge in [-0.1, -0.05) is 0 Å². The van der Waals surface area contributed by atoms with Crippen molar-refractivity contribution in [2.45, 2.75) is 32.0 Å². The van der Waals surface area contributed by atoms with Gasteiger partial charge in [-0.05, 0) is 49.1 Å². The summed E-state index contributed by atoms with van der Waals surface area (Å²) in [5.74, 6) is -1.81. The van der Waals surface area contributed by atoms with Crippen molar-refractivity contribution in [1.29, 1.82) is 0 Å². The number of benzene rings is 1. The molecule has 2 heterocycles. The van der Waals surface area contributed by atoms with Crippen molar-refractivity contribution in [3.05, 3.63) is 64.3 Å². The van der Waals surface area contributed by atoms with Crippen LogP contribution in [0, 0.1) is 11.6 Å². The maximum atomic E-state index is 14.4. The second kappa shape index (κ2) is 7.22. The largest absolute Gasteiger partial charge is 0.479 e. The van der Waals surface area contributed by atoms with Crippen LogP contribution in [0.15, 0.2) is 45.8 Å². The molecule has 0 spiro atoms. The van der Waals surface area contributed by atoms with Crippen LogP contribution in [0.2, 0.25) is 0 Å². The van der Waals surface area contributed by atoms with Crippen molar-refractivity contribution in [2.24, 2.45) is 0 Å². The molecule has 3 aromatic rings. The lowest BCUT2D eigenvalue weighted by atomic mass is 9.96. The quantitative estimate of drug-likeness (QED) is 0.710. The smallest absolute Gasteiger partial charge is 0.280 e. The summed E-state index contributed by atoms with van der Waals surface area (Å²) < 4.78 is 44.6. The summed E-state index contributed by atoms with van der Waals surface area (Å²) in [7, 11) is 0. The minimum absolute atomic E-state index is 0.0898. The molecule has 0 radical (unpaired) electrons. The first kappa shape index (κ1) is 17.3. The number of pyridine rings is 1. The average molecular weight is 374 g/mol. The van der Waals surface area contributed by atoms with Gasteiger partial charge >= 0.3 is 0 Å². The van der Waals surface area contributed by atoms with Gasteiger partial charge in [0.25, 0.3) is 5.56 Å². The third kappa shape index (κ3) is 3.69. The summed E-state index contributed by atoms with van der Waals surface area (Å²) in [6.07, 6.45) is 4.66. The van der Waals surface area contributed by atoms with Crippen molar-refractivity contribution in [2.75, 3.05) is 0 Å². The van der Waals surface area contributed by atoms with Gasteiger partial charge in [0, 0.05) is 11.8 Å². The Hall–Kier alpha value is -3.16. The Kier molecular flexibility index (Phi) is 4.62. The lowest BCUT2D eigenvalue weighted by Gasteiger charge is -2.26. The maximum absolute atomic E-state index is 14.4. The van der Waals surface area contributed by atoms with E-state index in [1.165, 1.54) is 0 Å². The van der Waals surface area contributed by atoms with Gasteiger partial charge in [0.05, 0.1) is 6.07 Å². The lowest BCUT2D eigenvalue weighted by Crippen LogP contribution is -2.25. The number of H-pyrrole nitrogens is 1. The van der Waals surface area contributed by atoms with E-state index in [9.17, 15) is 13.6 Å². The van der Waals surface area contributed by atoms with Gasteiger partial charge in [-0.15, -0.1) is 0 Å². The molecule has 1 aliphatic rings. The Morgan fingerprint density at radius 3 is 2.63 bits per heavy atom. The summed E-state index contributed by atoms with van der Waals surface area (Å²) in [5, 5.41) is 2.08. The molecule has 1 N–H and O–H groups in total. The highest BCUT2D eigenvalue weighted by molar-refractivity contribution is 5.69. The summed E-state index contributed by atoms with van der Waals surface area (Å²) >= 11 is 0. The molecular weight excluding hydrogens is 358 g/mol. The highest BCUT2D eigenvalue weighted by atomic mass is 19.1. The predicted octanol–water partition coefficient (Wildman–Crippen LogP) is 3.82. The molecule has 1 aliphatic carbocycles. The van der Waals surface area contributed by atoms with Crippen molar-refractivity contribution >= 4 is 0 Å². The van der Waals surface area contributed by atoms with Crippen molar-refractivity contribution in [3.8, 4) is 22.8 Å². The third-order valence-corrected chi connectivity index (χ3v) is 4.34. The Morgan fingerprint density at radius 2 is 2.00 bits per heavy atom. The number of rotatable bonds is 6. The van der Waals surface area contributed by atoms with Crippen LogP contribution < -0.4 is 15.0 Å². The molecule has 0 aliphatic heterocycles. The Balaban J connectivity index is 1.59. The third-order valence-electron chi connectivity index (χ3n) is 4.34. The summed E-state index contributed by atoms with van der Waals surface area (Å²) in [6.45, 7) is -0.283. The van der Waals surface area contributed by atoms with Crippen molar-refractivity contribution < 1.29 is 22.8 Å². The van der Waals surface area contributed by atoms with Crippen LogP contribution in [0.25, 0.3) is 11.1 Å². The van der Waals surface area contributed by atoms with E-state index in [4.69, 9.17) is 14.0 Å². The summed E-state index contributed by atoms with van der Waals surface area (Å²) in [4.78, 5) is 15.2. The monoisotopic (exact) mass is 374 g/mol. The van der Waals surface area contributed by atoms with E-state index in [1.807, 2.05) is 0 Å². The van der Waals surface area contributed by atoms with E-state index in [-0.39, 0.29) is 18.5 Å². The number of aromatic nitrogens is 2.